The van der Waals surface area contributed by atoms with E-state index in [0.717, 1.165) is 122 Å². The van der Waals surface area contributed by atoms with Crippen molar-refractivity contribution in [2.45, 2.75) is 187 Å². The van der Waals surface area contributed by atoms with E-state index in [1.165, 1.54) is 19.3 Å². The lowest BCUT2D eigenvalue weighted by Gasteiger charge is -2.18. The van der Waals surface area contributed by atoms with Gasteiger partial charge in [0.05, 0.1) is 0 Å². The molecule has 0 aliphatic carbocycles. The normalized spacial score (nSPS) is 12.8. The third-order valence-corrected chi connectivity index (χ3v) is 8.43. The minimum Gasteiger partial charge on any atom is -0.462 e. The molecule has 0 aromatic heterocycles. The van der Waals surface area contributed by atoms with Crippen LogP contribution in [0.15, 0.2) is 72.9 Å². The van der Waals surface area contributed by atoms with Gasteiger partial charge in [0.25, 0.3) is 0 Å². The molecule has 0 amide bonds. The number of esters is 3. The van der Waals surface area contributed by atoms with Crippen molar-refractivity contribution in [2.24, 2.45) is 0 Å². The molecule has 6 nitrogen and oxygen atoms in total. The van der Waals surface area contributed by atoms with Crippen molar-refractivity contribution in [3.63, 3.8) is 0 Å². The Hall–Kier alpha value is -3.15. The van der Waals surface area contributed by atoms with Gasteiger partial charge >= 0.3 is 17.9 Å². The van der Waals surface area contributed by atoms with E-state index >= 15 is 0 Å². The molecule has 0 aromatic rings. The summed E-state index contributed by atoms with van der Waals surface area (Å²) in [7, 11) is 0. The van der Waals surface area contributed by atoms with E-state index in [0.29, 0.717) is 19.3 Å². The van der Waals surface area contributed by atoms with Crippen LogP contribution in [0.2, 0.25) is 0 Å². The summed E-state index contributed by atoms with van der Waals surface area (Å²) in [6, 6.07) is 0. The van der Waals surface area contributed by atoms with Crippen LogP contribution in [0.1, 0.15) is 181 Å². The van der Waals surface area contributed by atoms with Crippen LogP contribution in [0.3, 0.4) is 0 Å². The quantitative estimate of drug-likeness (QED) is 0.0277. The second-order valence-corrected chi connectivity index (χ2v) is 13.5. The Kier molecular flexibility index (Phi) is 38.2. The first-order valence-corrected chi connectivity index (χ1v) is 20.9. The Labute approximate surface area is 319 Å². The van der Waals surface area contributed by atoms with Gasteiger partial charge in [0.2, 0.25) is 0 Å². The molecule has 1 atom stereocenters. The molecule has 0 bridgehead atoms. The monoisotopic (exact) mass is 725 g/mol. The maximum atomic E-state index is 12.6. The maximum absolute atomic E-state index is 12.6. The fraction of sp³-hybridized carbons (Fsp3) is 0.674. The first-order chi connectivity index (χ1) is 25.5. The molecule has 6 heteroatoms. The predicted molar refractivity (Wildman–Crippen MR) is 219 cm³/mol. The highest BCUT2D eigenvalue weighted by molar-refractivity contribution is 5.71. The largest absolute Gasteiger partial charge is 0.462 e. The molecule has 0 aliphatic rings. The summed E-state index contributed by atoms with van der Waals surface area (Å²) in [6.45, 7) is 6.30. The van der Waals surface area contributed by atoms with Crippen LogP contribution in [-0.4, -0.2) is 37.2 Å². The van der Waals surface area contributed by atoms with Gasteiger partial charge in [-0.05, 0) is 83.5 Å². The van der Waals surface area contributed by atoms with Crippen LogP contribution < -0.4 is 0 Å². The molecule has 0 heterocycles. The molecular weight excluding hydrogens is 648 g/mol. The Morgan fingerprint density at radius 3 is 1.29 bits per heavy atom. The number of carbonyl (C=O) groups excluding carboxylic acids is 3. The minimum atomic E-state index is -0.786. The molecule has 0 saturated carbocycles. The Morgan fingerprint density at radius 1 is 0.404 bits per heavy atom. The number of carbonyl (C=O) groups is 3. The standard InChI is InChI=1S/C46H76O6/c1-4-7-10-13-15-17-19-20-21-22-23-24-25-26-27-29-30-33-36-39-45(48)51-42-43(41-50-44(47)38-35-32-12-9-6-3)52-46(49)40-37-34-31-28-18-16-14-11-8-5-2/h7,10-11,14-15,17,20-21,23-24,26-27,43H,4-6,8-9,12-13,16,18-19,22,25,28-42H2,1-3H3/b10-7-,14-11-,17-15-,21-20-,24-23-,27-26-. The lowest BCUT2D eigenvalue weighted by Crippen LogP contribution is -2.30. The summed E-state index contributed by atoms with van der Waals surface area (Å²) < 4.78 is 16.5. The summed E-state index contributed by atoms with van der Waals surface area (Å²) in [4.78, 5) is 37.3. The first-order valence-electron chi connectivity index (χ1n) is 20.9. The van der Waals surface area contributed by atoms with Gasteiger partial charge in [-0.25, -0.2) is 0 Å². The minimum absolute atomic E-state index is 0.0917. The summed E-state index contributed by atoms with van der Waals surface area (Å²) >= 11 is 0. The molecule has 0 radical (unpaired) electrons. The van der Waals surface area contributed by atoms with Crippen LogP contribution in [0.25, 0.3) is 0 Å². The Bertz CT molecular complexity index is 1020. The van der Waals surface area contributed by atoms with E-state index in [2.05, 4.69) is 93.7 Å². The van der Waals surface area contributed by atoms with Crippen LogP contribution in [-0.2, 0) is 28.6 Å². The molecular formula is C46H76O6. The lowest BCUT2D eigenvalue weighted by molar-refractivity contribution is -0.167. The molecule has 0 saturated heterocycles. The molecule has 0 aliphatic heterocycles. The van der Waals surface area contributed by atoms with Gasteiger partial charge < -0.3 is 14.2 Å². The summed E-state index contributed by atoms with van der Waals surface area (Å²) in [5, 5.41) is 0. The molecule has 0 aromatic carbocycles. The van der Waals surface area contributed by atoms with Crippen LogP contribution in [0.5, 0.6) is 0 Å². The fourth-order valence-corrected chi connectivity index (χ4v) is 5.29. The Balaban J connectivity index is 4.30. The van der Waals surface area contributed by atoms with Crippen molar-refractivity contribution in [1.82, 2.24) is 0 Å². The van der Waals surface area contributed by atoms with E-state index < -0.39 is 6.10 Å². The van der Waals surface area contributed by atoms with E-state index in [-0.39, 0.29) is 31.1 Å². The molecule has 52 heavy (non-hydrogen) atoms. The van der Waals surface area contributed by atoms with Crippen molar-refractivity contribution < 1.29 is 28.6 Å². The summed E-state index contributed by atoms with van der Waals surface area (Å²) in [5.74, 6) is -0.960. The molecule has 0 rings (SSSR count). The third kappa shape index (κ3) is 38.1. The van der Waals surface area contributed by atoms with E-state index in [1.54, 1.807) is 0 Å². The van der Waals surface area contributed by atoms with E-state index in [1.807, 2.05) is 0 Å². The first kappa shape index (κ1) is 48.9. The number of rotatable bonds is 36. The van der Waals surface area contributed by atoms with Crippen LogP contribution in [0, 0.1) is 0 Å². The number of hydrogen-bond acceptors (Lipinski definition) is 6. The highest BCUT2D eigenvalue weighted by Gasteiger charge is 2.19. The highest BCUT2D eigenvalue weighted by Crippen LogP contribution is 2.12. The second kappa shape index (κ2) is 40.6. The topological polar surface area (TPSA) is 78.9 Å². The smallest absolute Gasteiger partial charge is 0.306 e. The van der Waals surface area contributed by atoms with E-state index in [4.69, 9.17) is 14.2 Å². The zero-order valence-electron chi connectivity index (χ0n) is 33.5. The van der Waals surface area contributed by atoms with Gasteiger partial charge in [-0.15, -0.1) is 0 Å². The summed E-state index contributed by atoms with van der Waals surface area (Å²) in [5.41, 5.74) is 0. The van der Waals surface area contributed by atoms with Crippen molar-refractivity contribution in [2.75, 3.05) is 13.2 Å². The molecule has 0 spiro atoms. The average molecular weight is 725 g/mol. The van der Waals surface area contributed by atoms with Gasteiger partial charge in [-0.1, -0.05) is 151 Å². The molecule has 296 valence electrons. The van der Waals surface area contributed by atoms with E-state index in [9.17, 15) is 14.4 Å². The lowest BCUT2D eigenvalue weighted by atomic mass is 10.1. The van der Waals surface area contributed by atoms with Crippen molar-refractivity contribution in [3.8, 4) is 0 Å². The van der Waals surface area contributed by atoms with Gasteiger partial charge in [0, 0.05) is 19.3 Å². The average Bonchev–Trinajstić information content (AvgIpc) is 3.14. The number of hydrogen-bond donors (Lipinski definition) is 0. The van der Waals surface area contributed by atoms with Crippen LogP contribution >= 0.6 is 0 Å². The molecule has 0 N–H and O–H groups in total. The third-order valence-electron chi connectivity index (χ3n) is 8.43. The van der Waals surface area contributed by atoms with Gasteiger partial charge in [-0.3, -0.25) is 14.4 Å². The summed E-state index contributed by atoms with van der Waals surface area (Å²) in [6.07, 6.45) is 49.2. The highest BCUT2D eigenvalue weighted by atomic mass is 16.6. The van der Waals surface area contributed by atoms with Crippen molar-refractivity contribution in [3.05, 3.63) is 72.9 Å². The zero-order chi connectivity index (χ0) is 38.0. The number of unbranched alkanes of at least 4 members (excludes halogenated alkanes) is 13. The predicted octanol–water partition coefficient (Wildman–Crippen LogP) is 13.1. The number of allylic oxidation sites excluding steroid dienone is 12. The van der Waals surface area contributed by atoms with Gasteiger partial charge in [0.1, 0.15) is 13.2 Å². The Morgan fingerprint density at radius 2 is 0.788 bits per heavy atom. The molecule has 0 fully saturated rings. The molecule has 1 unspecified atom stereocenters. The van der Waals surface area contributed by atoms with Crippen molar-refractivity contribution in [1.29, 1.82) is 0 Å². The fourth-order valence-electron chi connectivity index (χ4n) is 5.29. The second-order valence-electron chi connectivity index (χ2n) is 13.5. The van der Waals surface area contributed by atoms with Crippen LogP contribution in [0.4, 0.5) is 0 Å². The maximum Gasteiger partial charge on any atom is 0.306 e. The SMILES string of the molecule is CC/C=C\C/C=C\C/C=C\C/C=C\C/C=C\CCCCCC(=O)OCC(COC(=O)CCCCCCC)OC(=O)CCCCCCC/C=C\CCC. The zero-order valence-corrected chi connectivity index (χ0v) is 33.5. The van der Waals surface area contributed by atoms with Gasteiger partial charge in [-0.2, -0.15) is 0 Å². The van der Waals surface area contributed by atoms with Gasteiger partial charge in [0.15, 0.2) is 6.10 Å². The van der Waals surface area contributed by atoms with Crippen molar-refractivity contribution >= 4 is 17.9 Å². The number of ether oxygens (including phenoxy) is 3.